The van der Waals surface area contributed by atoms with Crippen molar-refractivity contribution in [2.24, 2.45) is 0 Å². The van der Waals surface area contributed by atoms with Crippen LogP contribution in [0.5, 0.6) is 5.75 Å². The van der Waals surface area contributed by atoms with Crippen LogP contribution in [0.15, 0.2) is 42.5 Å². The van der Waals surface area contributed by atoms with Gasteiger partial charge in [0.05, 0.1) is 28.6 Å². The SMILES string of the molecule is CCOc1cccc(NC(=O)CCCN(c2ccc(Cl)c(Cl)c2)S(C)(=O)=O)c1. The molecule has 152 valence electrons. The third-order valence-electron chi connectivity index (χ3n) is 3.79. The number of nitrogens with zero attached hydrogens (tertiary/aromatic N) is 1. The van der Waals surface area contributed by atoms with Crippen molar-refractivity contribution in [3.8, 4) is 5.75 Å². The summed E-state index contributed by atoms with van der Waals surface area (Å²) in [5.74, 6) is 0.458. The molecule has 0 heterocycles. The van der Waals surface area contributed by atoms with E-state index in [-0.39, 0.29) is 23.9 Å². The Morgan fingerprint density at radius 2 is 1.89 bits per heavy atom. The highest BCUT2D eigenvalue weighted by Crippen LogP contribution is 2.28. The number of carbonyl (C=O) groups excluding carboxylic acids is 1. The standard InChI is InChI=1S/C19H22Cl2N2O4S/c1-3-27-16-7-4-6-14(12-16)22-19(24)8-5-11-23(28(2,25)26)15-9-10-17(20)18(21)13-15/h4,6-7,9-10,12-13H,3,5,8,11H2,1-2H3,(H,22,24). The van der Waals surface area contributed by atoms with Crippen LogP contribution in [0.4, 0.5) is 11.4 Å². The quantitative estimate of drug-likeness (QED) is 0.613. The van der Waals surface area contributed by atoms with E-state index in [1.807, 2.05) is 6.92 Å². The van der Waals surface area contributed by atoms with E-state index in [2.05, 4.69) is 5.32 Å². The van der Waals surface area contributed by atoms with Crippen molar-refractivity contribution in [3.05, 3.63) is 52.5 Å². The number of sulfonamides is 1. The molecule has 0 saturated heterocycles. The highest BCUT2D eigenvalue weighted by atomic mass is 35.5. The number of ether oxygens (including phenoxy) is 1. The van der Waals surface area contributed by atoms with Gasteiger partial charge in [-0.15, -0.1) is 0 Å². The molecule has 0 bridgehead atoms. The van der Waals surface area contributed by atoms with Gasteiger partial charge in [-0.3, -0.25) is 9.10 Å². The Hall–Kier alpha value is -1.96. The summed E-state index contributed by atoms with van der Waals surface area (Å²) in [6.07, 6.45) is 1.60. The molecule has 2 aromatic rings. The monoisotopic (exact) mass is 444 g/mol. The molecule has 0 aromatic heterocycles. The van der Waals surface area contributed by atoms with Gasteiger partial charge in [0.1, 0.15) is 5.75 Å². The molecule has 0 aliphatic rings. The largest absolute Gasteiger partial charge is 0.494 e. The first-order chi connectivity index (χ1) is 13.2. The minimum Gasteiger partial charge on any atom is -0.494 e. The number of halogens is 2. The first-order valence-corrected chi connectivity index (χ1v) is 11.3. The Balaban J connectivity index is 1.97. The fraction of sp³-hybridized carbons (Fsp3) is 0.316. The molecule has 0 saturated carbocycles. The summed E-state index contributed by atoms with van der Waals surface area (Å²) in [6.45, 7) is 2.56. The number of hydrogen-bond acceptors (Lipinski definition) is 4. The highest BCUT2D eigenvalue weighted by molar-refractivity contribution is 7.92. The van der Waals surface area contributed by atoms with Crippen LogP contribution >= 0.6 is 23.2 Å². The van der Waals surface area contributed by atoms with Gasteiger partial charge >= 0.3 is 0 Å². The number of amides is 1. The van der Waals surface area contributed by atoms with E-state index in [1.165, 1.54) is 16.4 Å². The van der Waals surface area contributed by atoms with Crippen LogP contribution in [0.2, 0.25) is 10.0 Å². The summed E-state index contributed by atoms with van der Waals surface area (Å²) in [5, 5.41) is 3.39. The van der Waals surface area contributed by atoms with E-state index in [0.29, 0.717) is 35.2 Å². The predicted molar refractivity (Wildman–Crippen MR) is 114 cm³/mol. The first kappa shape index (κ1) is 22.3. The molecule has 1 amide bonds. The van der Waals surface area contributed by atoms with Crippen LogP contribution in [-0.4, -0.2) is 33.7 Å². The molecule has 0 aliphatic heterocycles. The summed E-state index contributed by atoms with van der Waals surface area (Å²) >= 11 is 11.9. The van der Waals surface area contributed by atoms with Gasteiger partial charge in [0, 0.05) is 24.7 Å². The molecule has 0 spiro atoms. The summed E-state index contributed by atoms with van der Waals surface area (Å²) < 4.78 is 30.9. The zero-order valence-corrected chi connectivity index (χ0v) is 17.9. The van der Waals surface area contributed by atoms with Crippen LogP contribution in [-0.2, 0) is 14.8 Å². The lowest BCUT2D eigenvalue weighted by Gasteiger charge is -2.22. The maximum Gasteiger partial charge on any atom is 0.232 e. The zero-order valence-electron chi connectivity index (χ0n) is 15.6. The van der Waals surface area contributed by atoms with Crippen molar-refractivity contribution in [3.63, 3.8) is 0 Å². The molecule has 9 heteroatoms. The number of carbonyl (C=O) groups is 1. The molecule has 1 N–H and O–H groups in total. The van der Waals surface area contributed by atoms with E-state index in [9.17, 15) is 13.2 Å². The minimum absolute atomic E-state index is 0.142. The Morgan fingerprint density at radius 3 is 2.54 bits per heavy atom. The van der Waals surface area contributed by atoms with Gasteiger partial charge in [-0.25, -0.2) is 8.42 Å². The lowest BCUT2D eigenvalue weighted by atomic mass is 10.2. The Bertz CT molecular complexity index is 935. The number of rotatable bonds is 9. The highest BCUT2D eigenvalue weighted by Gasteiger charge is 2.18. The number of anilines is 2. The Kier molecular flexibility index (Phi) is 7.98. The molecular weight excluding hydrogens is 423 g/mol. The lowest BCUT2D eigenvalue weighted by Crippen LogP contribution is -2.31. The van der Waals surface area contributed by atoms with Gasteiger partial charge in [0.2, 0.25) is 15.9 Å². The second-order valence-corrected chi connectivity index (χ2v) is 8.77. The first-order valence-electron chi connectivity index (χ1n) is 8.66. The zero-order chi connectivity index (χ0) is 20.7. The molecule has 0 fully saturated rings. The molecular formula is C19H22Cl2N2O4S. The van der Waals surface area contributed by atoms with Crippen molar-refractivity contribution < 1.29 is 17.9 Å². The van der Waals surface area contributed by atoms with Crippen molar-refractivity contribution in [1.82, 2.24) is 0 Å². The van der Waals surface area contributed by atoms with E-state index < -0.39 is 10.0 Å². The van der Waals surface area contributed by atoms with Crippen LogP contribution in [0.1, 0.15) is 19.8 Å². The van der Waals surface area contributed by atoms with Gasteiger partial charge in [-0.2, -0.15) is 0 Å². The summed E-state index contributed by atoms with van der Waals surface area (Å²) in [5.41, 5.74) is 1.03. The van der Waals surface area contributed by atoms with Crippen LogP contribution in [0.25, 0.3) is 0 Å². The van der Waals surface area contributed by atoms with Gasteiger partial charge < -0.3 is 10.1 Å². The molecule has 6 nitrogen and oxygen atoms in total. The average molecular weight is 445 g/mol. The van der Waals surface area contributed by atoms with Crippen LogP contribution in [0, 0.1) is 0 Å². The van der Waals surface area contributed by atoms with Crippen molar-refractivity contribution in [1.29, 1.82) is 0 Å². The second kappa shape index (κ2) is 10.0. The van der Waals surface area contributed by atoms with Gasteiger partial charge in [-0.1, -0.05) is 29.3 Å². The smallest absolute Gasteiger partial charge is 0.232 e. The lowest BCUT2D eigenvalue weighted by molar-refractivity contribution is -0.116. The molecule has 0 atom stereocenters. The fourth-order valence-electron chi connectivity index (χ4n) is 2.56. The molecule has 0 radical (unpaired) electrons. The van der Waals surface area contributed by atoms with E-state index in [0.717, 1.165) is 6.26 Å². The maximum atomic E-state index is 12.2. The summed E-state index contributed by atoms with van der Waals surface area (Å²) in [4.78, 5) is 12.2. The van der Waals surface area contributed by atoms with Crippen LogP contribution in [0.3, 0.4) is 0 Å². The third kappa shape index (κ3) is 6.58. The average Bonchev–Trinajstić information content (AvgIpc) is 2.61. The van der Waals surface area contributed by atoms with E-state index >= 15 is 0 Å². The minimum atomic E-state index is -3.53. The summed E-state index contributed by atoms with van der Waals surface area (Å²) in [7, 11) is -3.53. The number of benzene rings is 2. The van der Waals surface area contributed by atoms with E-state index in [4.69, 9.17) is 27.9 Å². The molecule has 0 unspecified atom stereocenters. The van der Waals surface area contributed by atoms with Crippen molar-refractivity contribution in [2.45, 2.75) is 19.8 Å². The molecule has 2 aromatic carbocycles. The van der Waals surface area contributed by atoms with Gasteiger partial charge in [-0.05, 0) is 43.7 Å². The number of nitrogens with one attached hydrogen (secondary N) is 1. The molecule has 28 heavy (non-hydrogen) atoms. The Labute approximate surface area is 175 Å². The molecule has 0 aliphatic carbocycles. The van der Waals surface area contributed by atoms with Gasteiger partial charge in [0.15, 0.2) is 0 Å². The van der Waals surface area contributed by atoms with Crippen molar-refractivity contribution >= 4 is 50.5 Å². The van der Waals surface area contributed by atoms with Crippen LogP contribution < -0.4 is 14.4 Å². The normalized spacial score (nSPS) is 11.1. The molecule has 2 rings (SSSR count). The number of hydrogen-bond donors (Lipinski definition) is 1. The van der Waals surface area contributed by atoms with Crippen molar-refractivity contribution in [2.75, 3.05) is 29.0 Å². The third-order valence-corrected chi connectivity index (χ3v) is 5.72. The Morgan fingerprint density at radius 1 is 1.14 bits per heavy atom. The van der Waals surface area contributed by atoms with E-state index in [1.54, 1.807) is 30.3 Å². The second-order valence-electron chi connectivity index (χ2n) is 6.05. The fourth-order valence-corrected chi connectivity index (χ4v) is 3.81. The topological polar surface area (TPSA) is 75.7 Å². The predicted octanol–water partition coefficient (Wildman–Crippen LogP) is 4.58. The summed E-state index contributed by atoms with van der Waals surface area (Å²) in [6, 6.07) is 11.7. The maximum absolute atomic E-state index is 12.2. The van der Waals surface area contributed by atoms with Gasteiger partial charge in [0.25, 0.3) is 0 Å².